The molecule has 2 aromatic rings. The van der Waals surface area contributed by atoms with Crippen LogP contribution in [-0.4, -0.2) is 59.1 Å². The molecule has 0 atom stereocenters. The number of hydrogen-bond donors (Lipinski definition) is 1. The van der Waals surface area contributed by atoms with Crippen molar-refractivity contribution in [3.63, 3.8) is 0 Å². The third-order valence-corrected chi connectivity index (χ3v) is 5.39. The topological polar surface area (TPSA) is 70.5 Å². The third kappa shape index (κ3) is 5.13. The summed E-state index contributed by atoms with van der Waals surface area (Å²) < 4.78 is 41.1. The molecule has 3 rings (SSSR count). The molecule has 0 spiro atoms. The number of carbonyl (C=O) groups is 2. The molecule has 0 unspecified atom stereocenters. The SMILES string of the molecule is CN(C)C(=O)c1cc(Cl)cc(Cl)c1NC(=O)c1cc(C(F)(F)F)nn1C1=C(Cl)C=CCN1C. The van der Waals surface area contributed by atoms with Crippen LogP contribution in [0.1, 0.15) is 26.5 Å². The summed E-state index contributed by atoms with van der Waals surface area (Å²) in [6.45, 7) is 0.332. The molecule has 2 heterocycles. The largest absolute Gasteiger partial charge is 0.435 e. The fourth-order valence-electron chi connectivity index (χ4n) is 3.05. The normalized spacial score (nSPS) is 14.0. The van der Waals surface area contributed by atoms with Gasteiger partial charge in [-0.05, 0) is 18.2 Å². The number of carbonyl (C=O) groups excluding carboxylic acids is 2. The van der Waals surface area contributed by atoms with Gasteiger partial charge in [0.2, 0.25) is 0 Å². The molecule has 0 fully saturated rings. The summed E-state index contributed by atoms with van der Waals surface area (Å²) in [5, 5.41) is 6.15. The van der Waals surface area contributed by atoms with Crippen molar-refractivity contribution < 1.29 is 22.8 Å². The second kappa shape index (κ2) is 9.28. The predicted octanol–water partition coefficient (Wildman–Crippen LogP) is 5.03. The Morgan fingerprint density at radius 2 is 1.82 bits per heavy atom. The summed E-state index contributed by atoms with van der Waals surface area (Å²) in [7, 11) is 4.55. The van der Waals surface area contributed by atoms with Crippen molar-refractivity contribution in [3.8, 4) is 0 Å². The minimum atomic E-state index is -4.82. The lowest BCUT2D eigenvalue weighted by Gasteiger charge is -2.26. The Kier molecular flexibility index (Phi) is 7.01. The number of alkyl halides is 3. The maximum atomic E-state index is 13.4. The minimum absolute atomic E-state index is 0.0390. The summed E-state index contributed by atoms with van der Waals surface area (Å²) in [4.78, 5) is 28.5. The van der Waals surface area contributed by atoms with Gasteiger partial charge in [-0.2, -0.15) is 18.3 Å². The van der Waals surface area contributed by atoms with Crippen LogP contribution in [0, 0.1) is 0 Å². The fraction of sp³-hybridized carbons (Fsp3) is 0.250. The Hall–Kier alpha value is -2.69. The number of allylic oxidation sites excluding steroid dienone is 2. The van der Waals surface area contributed by atoms with Crippen molar-refractivity contribution in [3.05, 3.63) is 62.4 Å². The summed E-state index contributed by atoms with van der Waals surface area (Å²) in [5.41, 5.74) is -1.91. The number of benzene rings is 1. The molecule has 176 valence electrons. The molecular weight excluding hydrogens is 506 g/mol. The standard InChI is InChI=1S/C20H17Cl3F3N5O2/c1-29(2)19(33)11-7-10(21)8-13(23)16(11)27-17(32)14-9-15(20(24,25)26)28-31(14)18-12(22)5-4-6-30(18)3/h4-5,7-9H,6H2,1-3H3,(H,27,32). The van der Waals surface area contributed by atoms with E-state index in [9.17, 15) is 22.8 Å². The number of nitrogens with one attached hydrogen (secondary N) is 1. The first-order chi connectivity index (χ1) is 15.3. The van der Waals surface area contributed by atoms with E-state index in [0.29, 0.717) is 12.6 Å². The summed E-state index contributed by atoms with van der Waals surface area (Å²) >= 11 is 18.4. The highest BCUT2D eigenvalue weighted by molar-refractivity contribution is 6.38. The maximum Gasteiger partial charge on any atom is 0.435 e. The van der Waals surface area contributed by atoms with Crippen molar-refractivity contribution in [2.24, 2.45) is 0 Å². The van der Waals surface area contributed by atoms with Gasteiger partial charge < -0.3 is 15.1 Å². The van der Waals surface area contributed by atoms with Crippen LogP contribution in [-0.2, 0) is 6.18 Å². The van der Waals surface area contributed by atoms with Crippen molar-refractivity contribution >= 4 is 58.1 Å². The second-order valence-electron chi connectivity index (χ2n) is 7.24. The van der Waals surface area contributed by atoms with Crippen molar-refractivity contribution in [2.45, 2.75) is 6.18 Å². The molecule has 33 heavy (non-hydrogen) atoms. The zero-order valence-electron chi connectivity index (χ0n) is 17.5. The number of likely N-dealkylation sites (N-methyl/N-ethyl adjacent to an activating group) is 1. The molecule has 1 N–H and O–H groups in total. The molecule has 1 aromatic heterocycles. The quantitative estimate of drug-likeness (QED) is 0.612. The third-order valence-electron chi connectivity index (χ3n) is 4.58. The number of rotatable bonds is 4. The Labute approximate surface area is 202 Å². The summed E-state index contributed by atoms with van der Waals surface area (Å²) in [5.74, 6) is -1.44. The van der Waals surface area contributed by atoms with E-state index in [4.69, 9.17) is 34.8 Å². The van der Waals surface area contributed by atoms with E-state index in [1.165, 1.54) is 42.1 Å². The molecule has 0 saturated heterocycles. The average molecular weight is 523 g/mol. The van der Waals surface area contributed by atoms with Gasteiger partial charge >= 0.3 is 6.18 Å². The number of aromatic nitrogens is 2. The first-order valence-electron chi connectivity index (χ1n) is 9.28. The van der Waals surface area contributed by atoms with E-state index in [1.807, 2.05) is 0 Å². The highest BCUT2D eigenvalue weighted by atomic mass is 35.5. The molecule has 7 nitrogen and oxygen atoms in total. The molecule has 0 bridgehead atoms. The molecule has 2 amide bonds. The summed E-state index contributed by atoms with van der Waals surface area (Å²) in [6.07, 6.45) is -1.62. The van der Waals surface area contributed by atoms with E-state index in [0.717, 1.165) is 4.68 Å². The lowest BCUT2D eigenvalue weighted by atomic mass is 10.1. The predicted molar refractivity (Wildman–Crippen MR) is 121 cm³/mol. The van der Waals surface area contributed by atoms with Crippen LogP contribution in [0.4, 0.5) is 18.9 Å². The van der Waals surface area contributed by atoms with E-state index < -0.39 is 29.4 Å². The van der Waals surface area contributed by atoms with Gasteiger partial charge in [-0.15, -0.1) is 0 Å². The van der Waals surface area contributed by atoms with Crippen LogP contribution in [0.15, 0.2) is 35.4 Å². The van der Waals surface area contributed by atoms with Crippen molar-refractivity contribution in [1.29, 1.82) is 0 Å². The van der Waals surface area contributed by atoms with Gasteiger partial charge in [0.05, 0.1) is 21.3 Å². The van der Waals surface area contributed by atoms with Crippen LogP contribution in [0.3, 0.4) is 0 Å². The van der Waals surface area contributed by atoms with E-state index in [2.05, 4.69) is 10.4 Å². The van der Waals surface area contributed by atoms with E-state index in [-0.39, 0.29) is 32.1 Å². The Morgan fingerprint density at radius 3 is 2.39 bits per heavy atom. The maximum absolute atomic E-state index is 13.4. The molecular formula is C20H17Cl3F3N5O2. The molecule has 0 radical (unpaired) electrons. The summed E-state index contributed by atoms with van der Waals surface area (Å²) in [6, 6.07) is 3.18. The highest BCUT2D eigenvalue weighted by Gasteiger charge is 2.37. The first-order valence-corrected chi connectivity index (χ1v) is 10.4. The smallest absolute Gasteiger partial charge is 0.355 e. The average Bonchev–Trinajstić information content (AvgIpc) is 3.14. The molecule has 0 saturated carbocycles. The molecule has 1 aliphatic heterocycles. The van der Waals surface area contributed by atoms with Crippen LogP contribution in [0.25, 0.3) is 5.82 Å². The van der Waals surface area contributed by atoms with Crippen LogP contribution in [0.2, 0.25) is 10.0 Å². The van der Waals surface area contributed by atoms with Gasteiger partial charge in [-0.25, -0.2) is 4.68 Å². The van der Waals surface area contributed by atoms with Crippen LogP contribution in [0.5, 0.6) is 0 Å². The number of hydrogen-bond acceptors (Lipinski definition) is 4. The Bertz CT molecular complexity index is 1190. The van der Waals surface area contributed by atoms with Gasteiger partial charge in [0.15, 0.2) is 5.69 Å². The van der Waals surface area contributed by atoms with Gasteiger partial charge in [0.1, 0.15) is 11.5 Å². The highest BCUT2D eigenvalue weighted by Crippen LogP contribution is 2.34. The Balaban J connectivity index is 2.14. The van der Waals surface area contributed by atoms with Gasteiger partial charge in [0.25, 0.3) is 11.8 Å². The van der Waals surface area contributed by atoms with E-state index in [1.54, 1.807) is 13.1 Å². The van der Waals surface area contributed by atoms with Crippen molar-refractivity contribution in [1.82, 2.24) is 19.6 Å². The fourth-order valence-corrected chi connectivity index (χ4v) is 3.91. The molecule has 13 heteroatoms. The molecule has 1 aromatic carbocycles. The van der Waals surface area contributed by atoms with E-state index >= 15 is 0 Å². The monoisotopic (exact) mass is 521 g/mol. The van der Waals surface area contributed by atoms with Crippen LogP contribution < -0.4 is 5.32 Å². The second-order valence-corrected chi connectivity index (χ2v) is 8.49. The van der Waals surface area contributed by atoms with Gasteiger partial charge in [-0.3, -0.25) is 9.59 Å². The molecule has 1 aliphatic rings. The van der Waals surface area contributed by atoms with Gasteiger partial charge in [-0.1, -0.05) is 40.9 Å². The zero-order valence-corrected chi connectivity index (χ0v) is 19.7. The lowest BCUT2D eigenvalue weighted by Crippen LogP contribution is -2.29. The number of nitrogens with zero attached hydrogens (tertiary/aromatic N) is 4. The first kappa shape index (κ1) is 24.9. The lowest BCUT2D eigenvalue weighted by molar-refractivity contribution is -0.141. The van der Waals surface area contributed by atoms with Gasteiger partial charge in [0, 0.05) is 38.8 Å². The number of anilines is 1. The number of amides is 2. The molecule has 0 aliphatic carbocycles. The van der Waals surface area contributed by atoms with Crippen molar-refractivity contribution in [2.75, 3.05) is 33.0 Å². The number of halogens is 6. The minimum Gasteiger partial charge on any atom is -0.355 e. The Morgan fingerprint density at radius 1 is 1.15 bits per heavy atom. The van der Waals surface area contributed by atoms with Crippen LogP contribution >= 0.6 is 34.8 Å². The zero-order chi connectivity index (χ0) is 24.7.